The molecule has 156 valence electrons. The van der Waals surface area contributed by atoms with Crippen LogP contribution < -0.4 is 0 Å². The number of nitrogens with zero attached hydrogens (tertiary/aromatic N) is 5. The lowest BCUT2D eigenvalue weighted by Gasteiger charge is -2.39. The molecule has 0 atom stereocenters. The number of tetrazole rings is 1. The number of ether oxygens (including phenoxy) is 1. The zero-order valence-electron chi connectivity index (χ0n) is 16.9. The normalized spacial score (nSPS) is 15.7. The maximum Gasteiger partial charge on any atom is 0.409 e. The van der Waals surface area contributed by atoms with Gasteiger partial charge >= 0.3 is 6.09 Å². The third-order valence-electron chi connectivity index (χ3n) is 5.56. The van der Waals surface area contributed by atoms with Crippen LogP contribution in [0.2, 0.25) is 5.02 Å². The molecule has 1 saturated heterocycles. The molecule has 0 aliphatic carbocycles. The fraction of sp³-hybridized carbons (Fsp3) is 0.364. The van der Waals surface area contributed by atoms with Gasteiger partial charge in [0.1, 0.15) is 0 Å². The Bertz CT molecular complexity index is 1000. The van der Waals surface area contributed by atoms with Gasteiger partial charge in [0.15, 0.2) is 5.82 Å². The third kappa shape index (κ3) is 4.16. The van der Waals surface area contributed by atoms with Crippen LogP contribution in [0.15, 0.2) is 54.6 Å². The Labute approximate surface area is 180 Å². The molecule has 1 amide bonds. The van der Waals surface area contributed by atoms with Gasteiger partial charge in [-0.15, -0.1) is 10.2 Å². The van der Waals surface area contributed by atoms with Crippen molar-refractivity contribution < 1.29 is 9.53 Å². The molecular weight excluding hydrogens is 402 g/mol. The van der Waals surface area contributed by atoms with Crippen LogP contribution in [0.25, 0.3) is 0 Å². The molecule has 2 heterocycles. The summed E-state index contributed by atoms with van der Waals surface area (Å²) in [7, 11) is 0. The maximum atomic E-state index is 12.2. The number of amides is 1. The van der Waals surface area contributed by atoms with E-state index in [2.05, 4.69) is 22.4 Å². The number of piperidine rings is 1. The topological polar surface area (TPSA) is 73.1 Å². The maximum absolute atomic E-state index is 12.2. The highest BCUT2D eigenvalue weighted by atomic mass is 35.5. The number of carbonyl (C=O) groups is 1. The highest BCUT2D eigenvalue weighted by Gasteiger charge is 2.42. The summed E-state index contributed by atoms with van der Waals surface area (Å²) in [6.45, 7) is 3.84. The molecule has 0 spiro atoms. The lowest BCUT2D eigenvalue weighted by atomic mass is 9.72. The lowest BCUT2D eigenvalue weighted by molar-refractivity contribution is 0.0897. The van der Waals surface area contributed by atoms with E-state index < -0.39 is 5.41 Å². The SMILES string of the molecule is CCOC(=O)N1CCC(c2ccccc2)(c2nnn(Cc3cccc(Cl)c3)n2)CC1. The molecule has 7 nitrogen and oxygen atoms in total. The van der Waals surface area contributed by atoms with Crippen molar-refractivity contribution in [3.05, 3.63) is 76.6 Å². The number of halogens is 1. The van der Waals surface area contributed by atoms with Crippen LogP contribution in [-0.4, -0.2) is 50.9 Å². The molecule has 3 aromatic rings. The molecule has 8 heteroatoms. The monoisotopic (exact) mass is 425 g/mol. The number of hydrogen-bond donors (Lipinski definition) is 0. The molecule has 2 aromatic carbocycles. The quantitative estimate of drug-likeness (QED) is 0.619. The molecule has 0 saturated carbocycles. The number of rotatable bonds is 5. The van der Waals surface area contributed by atoms with E-state index in [1.807, 2.05) is 49.4 Å². The van der Waals surface area contributed by atoms with Crippen molar-refractivity contribution in [1.29, 1.82) is 0 Å². The van der Waals surface area contributed by atoms with Crippen LogP contribution >= 0.6 is 11.6 Å². The summed E-state index contributed by atoms with van der Waals surface area (Å²) in [5.41, 5.74) is 1.75. The molecule has 1 aliphatic heterocycles. The molecule has 1 aromatic heterocycles. The van der Waals surface area contributed by atoms with E-state index in [1.54, 1.807) is 9.70 Å². The van der Waals surface area contributed by atoms with E-state index >= 15 is 0 Å². The largest absolute Gasteiger partial charge is 0.450 e. The van der Waals surface area contributed by atoms with E-state index in [0.29, 0.717) is 49.9 Å². The summed E-state index contributed by atoms with van der Waals surface area (Å²) in [6, 6.07) is 17.9. The Hall–Kier alpha value is -2.93. The fourth-order valence-corrected chi connectivity index (χ4v) is 4.20. The van der Waals surface area contributed by atoms with Crippen LogP contribution in [-0.2, 0) is 16.7 Å². The summed E-state index contributed by atoms with van der Waals surface area (Å²) in [6.07, 6.45) is 1.15. The second-order valence-corrected chi connectivity index (χ2v) is 7.84. The first-order valence-corrected chi connectivity index (χ1v) is 10.5. The summed E-state index contributed by atoms with van der Waals surface area (Å²) in [4.78, 5) is 15.5. The van der Waals surface area contributed by atoms with Crippen LogP contribution in [0.4, 0.5) is 4.79 Å². The summed E-state index contributed by atoms with van der Waals surface area (Å²) >= 11 is 6.09. The van der Waals surface area contributed by atoms with Crippen molar-refractivity contribution in [2.75, 3.05) is 19.7 Å². The standard InChI is InChI=1S/C22H24ClN5O2/c1-2-30-21(29)27-13-11-22(12-14-27,18-8-4-3-5-9-18)20-24-26-28(25-20)16-17-7-6-10-19(23)15-17/h3-10,15H,2,11-14,16H2,1H3. The third-order valence-corrected chi connectivity index (χ3v) is 5.80. The Kier molecular flexibility index (Phi) is 5.99. The van der Waals surface area contributed by atoms with E-state index in [0.717, 1.165) is 11.1 Å². The first-order chi connectivity index (χ1) is 14.6. The van der Waals surface area contributed by atoms with Gasteiger partial charge in [-0.3, -0.25) is 0 Å². The van der Waals surface area contributed by atoms with E-state index in [-0.39, 0.29) is 6.09 Å². The van der Waals surface area contributed by atoms with Gasteiger partial charge in [0.2, 0.25) is 0 Å². The van der Waals surface area contributed by atoms with E-state index in [4.69, 9.17) is 21.4 Å². The molecule has 0 radical (unpaired) electrons. The van der Waals surface area contributed by atoms with Crippen molar-refractivity contribution >= 4 is 17.7 Å². The minimum atomic E-state index is -0.392. The molecular formula is C22H24ClN5O2. The number of benzene rings is 2. The smallest absolute Gasteiger partial charge is 0.409 e. The highest BCUT2D eigenvalue weighted by molar-refractivity contribution is 6.30. The molecule has 1 aliphatic rings. The minimum Gasteiger partial charge on any atom is -0.450 e. The highest BCUT2D eigenvalue weighted by Crippen LogP contribution is 2.39. The van der Waals surface area contributed by atoms with Crippen LogP contribution in [0.1, 0.15) is 36.7 Å². The number of hydrogen-bond acceptors (Lipinski definition) is 5. The Balaban J connectivity index is 1.60. The Morgan fingerprint density at radius 1 is 1.13 bits per heavy atom. The van der Waals surface area contributed by atoms with Gasteiger partial charge in [0, 0.05) is 18.1 Å². The average molecular weight is 426 g/mol. The predicted molar refractivity (Wildman–Crippen MR) is 113 cm³/mol. The lowest BCUT2D eigenvalue weighted by Crippen LogP contribution is -2.46. The van der Waals surface area contributed by atoms with E-state index in [9.17, 15) is 4.79 Å². The van der Waals surface area contributed by atoms with Crippen molar-refractivity contribution in [3.63, 3.8) is 0 Å². The predicted octanol–water partition coefficient (Wildman–Crippen LogP) is 3.91. The number of carbonyl (C=O) groups excluding carboxylic acids is 1. The van der Waals surface area contributed by atoms with Gasteiger partial charge in [-0.25, -0.2) is 4.79 Å². The molecule has 30 heavy (non-hydrogen) atoms. The van der Waals surface area contributed by atoms with Crippen LogP contribution in [0, 0.1) is 0 Å². The average Bonchev–Trinajstić information content (AvgIpc) is 3.23. The first-order valence-electron chi connectivity index (χ1n) is 10.1. The van der Waals surface area contributed by atoms with Gasteiger partial charge in [0.25, 0.3) is 0 Å². The number of aromatic nitrogens is 4. The fourth-order valence-electron chi connectivity index (χ4n) is 3.98. The Morgan fingerprint density at radius 3 is 2.60 bits per heavy atom. The zero-order chi connectivity index (χ0) is 21.0. The Morgan fingerprint density at radius 2 is 1.90 bits per heavy atom. The summed E-state index contributed by atoms with van der Waals surface area (Å²) in [5, 5.41) is 14.1. The van der Waals surface area contributed by atoms with Gasteiger partial charge in [0.05, 0.1) is 18.6 Å². The molecule has 0 N–H and O–H groups in total. The molecule has 4 rings (SSSR count). The molecule has 0 unspecified atom stereocenters. The number of likely N-dealkylation sites (tertiary alicyclic amines) is 1. The van der Waals surface area contributed by atoms with E-state index in [1.165, 1.54) is 0 Å². The zero-order valence-corrected chi connectivity index (χ0v) is 17.6. The van der Waals surface area contributed by atoms with Crippen LogP contribution in [0.3, 0.4) is 0 Å². The summed E-state index contributed by atoms with van der Waals surface area (Å²) in [5.74, 6) is 0.680. The van der Waals surface area contributed by atoms with Crippen molar-refractivity contribution in [2.45, 2.75) is 31.7 Å². The van der Waals surface area contributed by atoms with Crippen molar-refractivity contribution in [1.82, 2.24) is 25.1 Å². The second-order valence-electron chi connectivity index (χ2n) is 7.41. The molecule has 1 fully saturated rings. The van der Waals surface area contributed by atoms with Gasteiger partial charge in [-0.05, 0) is 48.2 Å². The van der Waals surface area contributed by atoms with Crippen molar-refractivity contribution in [3.8, 4) is 0 Å². The molecule has 0 bridgehead atoms. The summed E-state index contributed by atoms with van der Waals surface area (Å²) < 4.78 is 5.17. The van der Waals surface area contributed by atoms with Crippen LogP contribution in [0.5, 0.6) is 0 Å². The van der Waals surface area contributed by atoms with Gasteiger partial charge in [-0.2, -0.15) is 4.80 Å². The first kappa shape index (κ1) is 20.3. The van der Waals surface area contributed by atoms with Gasteiger partial charge in [-0.1, -0.05) is 54.1 Å². The van der Waals surface area contributed by atoms with Gasteiger partial charge < -0.3 is 9.64 Å². The van der Waals surface area contributed by atoms with Crippen molar-refractivity contribution in [2.24, 2.45) is 0 Å². The minimum absolute atomic E-state index is 0.267. The second kappa shape index (κ2) is 8.83.